The summed E-state index contributed by atoms with van der Waals surface area (Å²) in [7, 11) is 0. The first kappa shape index (κ1) is 14.4. The van der Waals surface area contributed by atoms with Crippen molar-refractivity contribution in [2.45, 2.75) is 39.2 Å². The number of rotatable bonds is 6. The van der Waals surface area contributed by atoms with Crippen molar-refractivity contribution >= 4 is 0 Å². The molecule has 1 saturated heterocycles. The Morgan fingerprint density at radius 2 is 1.95 bits per heavy atom. The SMILES string of the molecule is Cc1ccc(OCC(CCN)N2CCCC2)cc1C. The number of likely N-dealkylation sites (tertiary alicyclic amines) is 1. The van der Waals surface area contributed by atoms with Crippen LogP contribution < -0.4 is 10.5 Å². The van der Waals surface area contributed by atoms with Gasteiger partial charge in [0.1, 0.15) is 12.4 Å². The van der Waals surface area contributed by atoms with Gasteiger partial charge in [-0.3, -0.25) is 4.90 Å². The zero-order valence-corrected chi connectivity index (χ0v) is 12.2. The highest BCUT2D eigenvalue weighted by Crippen LogP contribution is 2.19. The molecular formula is C16H26N2O. The summed E-state index contributed by atoms with van der Waals surface area (Å²) in [6.45, 7) is 8.12. The van der Waals surface area contributed by atoms with Gasteiger partial charge in [-0.05, 0) is 76.0 Å². The van der Waals surface area contributed by atoms with E-state index in [-0.39, 0.29) is 0 Å². The van der Waals surface area contributed by atoms with Gasteiger partial charge in [-0.25, -0.2) is 0 Å². The topological polar surface area (TPSA) is 38.5 Å². The van der Waals surface area contributed by atoms with Crippen molar-refractivity contribution in [2.75, 3.05) is 26.2 Å². The summed E-state index contributed by atoms with van der Waals surface area (Å²) in [4.78, 5) is 2.52. The van der Waals surface area contributed by atoms with Crippen molar-refractivity contribution in [1.82, 2.24) is 4.90 Å². The Balaban J connectivity index is 1.91. The second kappa shape index (κ2) is 6.92. The Hall–Kier alpha value is -1.06. The van der Waals surface area contributed by atoms with Crippen LogP contribution in [0.2, 0.25) is 0 Å². The fraction of sp³-hybridized carbons (Fsp3) is 0.625. The number of hydrogen-bond acceptors (Lipinski definition) is 3. The Kier molecular flexibility index (Phi) is 5.23. The van der Waals surface area contributed by atoms with Crippen LogP contribution in [0, 0.1) is 13.8 Å². The predicted octanol–water partition coefficient (Wildman–Crippen LogP) is 2.50. The Bertz CT molecular complexity index is 400. The Labute approximate surface area is 116 Å². The molecule has 0 radical (unpaired) electrons. The molecule has 1 atom stereocenters. The van der Waals surface area contributed by atoms with Crippen molar-refractivity contribution in [3.8, 4) is 5.75 Å². The van der Waals surface area contributed by atoms with Crippen LogP contribution in [0.5, 0.6) is 5.75 Å². The minimum absolute atomic E-state index is 0.467. The van der Waals surface area contributed by atoms with Crippen molar-refractivity contribution < 1.29 is 4.74 Å². The molecule has 1 aromatic rings. The van der Waals surface area contributed by atoms with Gasteiger partial charge in [-0.2, -0.15) is 0 Å². The van der Waals surface area contributed by atoms with Gasteiger partial charge in [0.05, 0.1) is 0 Å². The van der Waals surface area contributed by atoms with Crippen molar-refractivity contribution in [3.63, 3.8) is 0 Å². The number of benzene rings is 1. The van der Waals surface area contributed by atoms with E-state index < -0.39 is 0 Å². The van der Waals surface area contributed by atoms with Gasteiger partial charge in [0.15, 0.2) is 0 Å². The average molecular weight is 262 g/mol. The molecule has 0 aliphatic carbocycles. The average Bonchev–Trinajstić information content (AvgIpc) is 2.92. The number of aryl methyl sites for hydroxylation is 2. The maximum Gasteiger partial charge on any atom is 0.119 e. The molecule has 1 unspecified atom stereocenters. The molecule has 3 heteroatoms. The molecule has 0 aromatic heterocycles. The van der Waals surface area contributed by atoms with Gasteiger partial charge in [-0.1, -0.05) is 6.07 Å². The molecule has 0 bridgehead atoms. The van der Waals surface area contributed by atoms with Crippen molar-refractivity contribution in [2.24, 2.45) is 5.73 Å². The quantitative estimate of drug-likeness (QED) is 0.856. The predicted molar refractivity (Wildman–Crippen MR) is 79.7 cm³/mol. The molecule has 2 N–H and O–H groups in total. The molecule has 1 fully saturated rings. The zero-order chi connectivity index (χ0) is 13.7. The summed E-state index contributed by atoms with van der Waals surface area (Å²) >= 11 is 0. The van der Waals surface area contributed by atoms with Gasteiger partial charge < -0.3 is 10.5 Å². The van der Waals surface area contributed by atoms with Gasteiger partial charge >= 0.3 is 0 Å². The lowest BCUT2D eigenvalue weighted by Crippen LogP contribution is -2.39. The number of ether oxygens (including phenoxy) is 1. The van der Waals surface area contributed by atoms with Crippen LogP contribution in [-0.4, -0.2) is 37.2 Å². The lowest BCUT2D eigenvalue weighted by atomic mass is 10.1. The molecule has 2 rings (SSSR count). The van der Waals surface area contributed by atoms with E-state index in [4.69, 9.17) is 10.5 Å². The van der Waals surface area contributed by atoms with Crippen molar-refractivity contribution in [3.05, 3.63) is 29.3 Å². The molecule has 1 heterocycles. The fourth-order valence-corrected chi connectivity index (χ4v) is 2.67. The third-order valence-electron chi connectivity index (χ3n) is 4.08. The standard InChI is InChI=1S/C16H26N2O/c1-13-5-6-16(11-14(13)2)19-12-15(7-8-17)18-9-3-4-10-18/h5-6,11,15H,3-4,7-10,12,17H2,1-2H3. The largest absolute Gasteiger partial charge is 0.492 e. The summed E-state index contributed by atoms with van der Waals surface area (Å²) in [6, 6.07) is 6.78. The molecule has 0 amide bonds. The van der Waals surface area contributed by atoms with E-state index in [0.717, 1.165) is 25.3 Å². The number of nitrogens with zero attached hydrogens (tertiary/aromatic N) is 1. The van der Waals surface area contributed by atoms with Crippen LogP contribution in [0.3, 0.4) is 0 Å². The molecule has 0 spiro atoms. The van der Waals surface area contributed by atoms with Gasteiger partial charge in [-0.15, -0.1) is 0 Å². The minimum Gasteiger partial charge on any atom is -0.492 e. The summed E-state index contributed by atoms with van der Waals surface area (Å²) in [5, 5.41) is 0. The molecule has 3 nitrogen and oxygen atoms in total. The van der Waals surface area contributed by atoms with Crippen molar-refractivity contribution in [1.29, 1.82) is 0 Å². The van der Waals surface area contributed by atoms with Crippen LogP contribution in [0.1, 0.15) is 30.4 Å². The maximum absolute atomic E-state index is 5.97. The maximum atomic E-state index is 5.97. The highest BCUT2D eigenvalue weighted by molar-refractivity contribution is 5.33. The van der Waals surface area contributed by atoms with Gasteiger partial charge in [0.25, 0.3) is 0 Å². The van der Waals surface area contributed by atoms with Crippen LogP contribution in [0.25, 0.3) is 0 Å². The normalized spacial score (nSPS) is 17.6. The fourth-order valence-electron chi connectivity index (χ4n) is 2.67. The lowest BCUT2D eigenvalue weighted by molar-refractivity contribution is 0.154. The zero-order valence-electron chi connectivity index (χ0n) is 12.2. The summed E-state index contributed by atoms with van der Waals surface area (Å²) in [5.74, 6) is 0.976. The highest BCUT2D eigenvalue weighted by Gasteiger charge is 2.21. The number of hydrogen-bond donors (Lipinski definition) is 1. The molecule has 106 valence electrons. The highest BCUT2D eigenvalue weighted by atomic mass is 16.5. The van der Waals surface area contributed by atoms with E-state index in [1.165, 1.54) is 37.1 Å². The van der Waals surface area contributed by atoms with Gasteiger partial charge in [0.2, 0.25) is 0 Å². The first-order valence-corrected chi connectivity index (χ1v) is 7.35. The smallest absolute Gasteiger partial charge is 0.119 e. The Morgan fingerprint density at radius 3 is 2.58 bits per heavy atom. The van der Waals surface area contributed by atoms with E-state index in [1.807, 2.05) is 0 Å². The van der Waals surface area contributed by atoms with Crippen LogP contribution in [0.4, 0.5) is 0 Å². The van der Waals surface area contributed by atoms with E-state index in [1.54, 1.807) is 0 Å². The van der Waals surface area contributed by atoms with E-state index in [9.17, 15) is 0 Å². The molecule has 1 aliphatic rings. The second-order valence-electron chi connectivity index (χ2n) is 5.53. The number of nitrogens with two attached hydrogens (primary N) is 1. The third-order valence-corrected chi connectivity index (χ3v) is 4.08. The van der Waals surface area contributed by atoms with E-state index >= 15 is 0 Å². The first-order valence-electron chi connectivity index (χ1n) is 7.35. The molecule has 19 heavy (non-hydrogen) atoms. The molecule has 0 saturated carbocycles. The summed E-state index contributed by atoms with van der Waals surface area (Å²) < 4.78 is 5.97. The minimum atomic E-state index is 0.467. The lowest BCUT2D eigenvalue weighted by Gasteiger charge is -2.27. The molecular weight excluding hydrogens is 236 g/mol. The molecule has 1 aliphatic heterocycles. The third kappa shape index (κ3) is 3.95. The summed E-state index contributed by atoms with van der Waals surface area (Å²) in [5.41, 5.74) is 8.32. The second-order valence-corrected chi connectivity index (χ2v) is 5.53. The van der Waals surface area contributed by atoms with Gasteiger partial charge in [0, 0.05) is 6.04 Å². The van der Waals surface area contributed by atoms with Crippen LogP contribution in [0.15, 0.2) is 18.2 Å². The molecule has 1 aromatic carbocycles. The van der Waals surface area contributed by atoms with E-state index in [0.29, 0.717) is 6.04 Å². The summed E-state index contributed by atoms with van der Waals surface area (Å²) in [6.07, 6.45) is 3.64. The van der Waals surface area contributed by atoms with E-state index in [2.05, 4.69) is 36.9 Å². The first-order chi connectivity index (χ1) is 9.20. The monoisotopic (exact) mass is 262 g/mol. The van der Waals surface area contributed by atoms with Crippen LogP contribution in [-0.2, 0) is 0 Å². The van der Waals surface area contributed by atoms with Crippen LogP contribution >= 0.6 is 0 Å². The Morgan fingerprint density at radius 1 is 1.21 bits per heavy atom.